The first kappa shape index (κ1) is 26.9. The van der Waals surface area contributed by atoms with Crippen molar-refractivity contribution in [2.45, 2.75) is 25.9 Å². The Morgan fingerprint density at radius 2 is 1.34 bits per heavy atom. The molecule has 4 aliphatic rings. The number of methoxy groups -OCH3 is 1. The molecule has 3 N–H and O–H groups in total. The number of hydrazone groups is 2. The Bertz CT molecular complexity index is 1560. The lowest BCUT2D eigenvalue weighted by Crippen LogP contribution is -2.55. The molecule has 2 unspecified atom stereocenters. The van der Waals surface area contributed by atoms with Crippen LogP contribution in [-0.4, -0.2) is 70.8 Å². The van der Waals surface area contributed by atoms with E-state index in [1.807, 2.05) is 0 Å². The molecular weight excluding hydrogens is 548 g/mol. The van der Waals surface area contributed by atoms with Gasteiger partial charge in [-0.05, 0) is 13.8 Å². The van der Waals surface area contributed by atoms with Crippen molar-refractivity contribution in [3.05, 3.63) is 44.5 Å². The molecule has 0 saturated carbocycles. The lowest BCUT2D eigenvalue weighted by molar-refractivity contribution is -0.385. The average Bonchev–Trinajstić information content (AvgIpc) is 2.95. The maximum atomic E-state index is 11.7. The Morgan fingerprint density at radius 1 is 0.878 bits per heavy atom. The number of carbonyl (C=O) groups excluding carboxylic acids is 2. The van der Waals surface area contributed by atoms with E-state index in [0.717, 1.165) is 0 Å². The van der Waals surface area contributed by atoms with Gasteiger partial charge in [0, 0.05) is 24.3 Å². The summed E-state index contributed by atoms with van der Waals surface area (Å²) in [6, 6.07) is 4.02. The van der Waals surface area contributed by atoms with Gasteiger partial charge in [-0.25, -0.2) is 10.9 Å². The van der Waals surface area contributed by atoms with E-state index < -0.39 is 33.4 Å². The van der Waals surface area contributed by atoms with Crippen LogP contribution < -0.4 is 34.9 Å². The molecule has 214 valence electrons. The highest BCUT2D eigenvalue weighted by molar-refractivity contribution is 6.10. The van der Waals surface area contributed by atoms with Gasteiger partial charge in [-0.3, -0.25) is 29.8 Å². The third kappa shape index (κ3) is 4.60. The normalized spacial score (nSPS) is 20.0. The van der Waals surface area contributed by atoms with Crippen molar-refractivity contribution in [2.24, 2.45) is 10.2 Å². The summed E-state index contributed by atoms with van der Waals surface area (Å²) < 4.78 is 15.9. The van der Waals surface area contributed by atoms with Crippen molar-refractivity contribution in [2.75, 3.05) is 30.1 Å². The van der Waals surface area contributed by atoms with E-state index in [1.54, 1.807) is 23.6 Å². The Labute approximate surface area is 230 Å². The first-order valence-electron chi connectivity index (χ1n) is 12.0. The first-order valence-corrected chi connectivity index (χ1v) is 12.0. The predicted molar refractivity (Wildman–Crippen MR) is 140 cm³/mol. The smallest absolute Gasteiger partial charge is 0.313 e. The van der Waals surface area contributed by atoms with Crippen LogP contribution in [0.4, 0.5) is 22.7 Å². The molecule has 0 bridgehead atoms. The van der Waals surface area contributed by atoms with Gasteiger partial charge in [-0.15, -0.1) is 0 Å². The van der Waals surface area contributed by atoms with Crippen molar-refractivity contribution in [3.8, 4) is 23.0 Å². The number of benzene rings is 2. The molecule has 0 spiro atoms. The molecule has 41 heavy (non-hydrogen) atoms. The fourth-order valence-electron chi connectivity index (χ4n) is 4.54. The summed E-state index contributed by atoms with van der Waals surface area (Å²) in [6.07, 6.45) is 0. The van der Waals surface area contributed by atoms with E-state index in [9.17, 15) is 34.9 Å². The zero-order chi connectivity index (χ0) is 29.6. The second kappa shape index (κ2) is 10.1. The number of carbonyl (C=O) groups is 2. The van der Waals surface area contributed by atoms with Gasteiger partial charge in [0.1, 0.15) is 36.8 Å². The fourth-order valence-corrected chi connectivity index (χ4v) is 4.54. The molecule has 0 aliphatic carbocycles. The summed E-state index contributed by atoms with van der Waals surface area (Å²) in [5, 5.41) is 39.4. The van der Waals surface area contributed by atoms with Gasteiger partial charge in [0.25, 0.3) is 11.8 Å². The SMILES string of the molecule is CC1C(=O)NN=C2COc3cc(O)c([N+](=O)[O-])cc3N21.COc1cc2c(cc1[N+](=O)[O-])N1C(=NNC(=O)C1C)CO2. The van der Waals surface area contributed by atoms with Gasteiger partial charge >= 0.3 is 11.4 Å². The van der Waals surface area contributed by atoms with E-state index >= 15 is 0 Å². The van der Waals surface area contributed by atoms with Crippen LogP contribution in [0.25, 0.3) is 0 Å². The summed E-state index contributed by atoms with van der Waals surface area (Å²) in [4.78, 5) is 47.4. The highest BCUT2D eigenvalue weighted by Gasteiger charge is 2.38. The van der Waals surface area contributed by atoms with E-state index in [-0.39, 0.29) is 42.2 Å². The number of phenolic OH excluding ortho intramolecular Hbond substituents is 1. The minimum absolute atomic E-state index is 0.105. The Kier molecular flexibility index (Phi) is 6.65. The predicted octanol–water partition coefficient (Wildman–Crippen LogP) is 0.965. The lowest BCUT2D eigenvalue weighted by atomic mass is 10.1. The number of amides is 2. The van der Waals surface area contributed by atoms with Crippen LogP contribution in [0.15, 0.2) is 34.5 Å². The van der Waals surface area contributed by atoms with Crippen LogP contribution in [0.2, 0.25) is 0 Å². The van der Waals surface area contributed by atoms with Crippen LogP contribution >= 0.6 is 0 Å². The molecule has 4 aliphatic heterocycles. The number of rotatable bonds is 3. The lowest BCUT2D eigenvalue weighted by Gasteiger charge is -2.37. The summed E-state index contributed by atoms with van der Waals surface area (Å²) >= 11 is 0. The van der Waals surface area contributed by atoms with E-state index in [2.05, 4.69) is 21.1 Å². The number of phenols is 1. The molecule has 0 radical (unpaired) electrons. The zero-order valence-electron chi connectivity index (χ0n) is 21.7. The van der Waals surface area contributed by atoms with Gasteiger partial charge in [0.05, 0.1) is 28.3 Å². The number of aromatic hydroxyl groups is 1. The van der Waals surface area contributed by atoms with Crippen molar-refractivity contribution in [1.29, 1.82) is 0 Å². The zero-order valence-corrected chi connectivity index (χ0v) is 21.7. The molecule has 2 atom stereocenters. The fraction of sp³-hybridized carbons (Fsp3) is 0.304. The molecular formula is C23H22N8O10. The number of hydrogen-bond acceptors (Lipinski definition) is 14. The van der Waals surface area contributed by atoms with E-state index in [1.165, 1.54) is 31.4 Å². The number of fused-ring (bicyclic) bond motifs is 6. The Balaban J connectivity index is 0.000000165. The number of nitrogens with zero attached hydrogens (tertiary/aromatic N) is 6. The van der Waals surface area contributed by atoms with E-state index in [0.29, 0.717) is 28.8 Å². The molecule has 2 aromatic rings. The van der Waals surface area contributed by atoms with Crippen molar-refractivity contribution < 1.29 is 38.8 Å². The monoisotopic (exact) mass is 570 g/mol. The number of nitro benzene ring substituents is 2. The molecule has 0 fully saturated rings. The minimum Gasteiger partial charge on any atom is -0.502 e. The van der Waals surface area contributed by atoms with Gasteiger partial charge < -0.3 is 29.1 Å². The summed E-state index contributed by atoms with van der Waals surface area (Å²) in [5.41, 5.74) is 4.86. The molecule has 18 nitrogen and oxygen atoms in total. The Morgan fingerprint density at radius 3 is 1.80 bits per heavy atom. The average molecular weight is 570 g/mol. The van der Waals surface area contributed by atoms with Crippen LogP contribution in [-0.2, 0) is 9.59 Å². The molecule has 18 heteroatoms. The third-order valence-electron chi connectivity index (χ3n) is 6.62. The van der Waals surface area contributed by atoms with Crippen LogP contribution in [0.5, 0.6) is 23.0 Å². The van der Waals surface area contributed by atoms with Gasteiger partial charge in [0.15, 0.2) is 17.4 Å². The number of nitro groups is 2. The summed E-state index contributed by atoms with van der Waals surface area (Å²) in [6.45, 7) is 3.61. The Hall–Kier alpha value is -5.68. The number of ether oxygens (including phenoxy) is 3. The number of anilines is 2. The summed E-state index contributed by atoms with van der Waals surface area (Å²) in [5.74, 6) is 0.643. The second-order valence-electron chi connectivity index (χ2n) is 8.99. The second-order valence-corrected chi connectivity index (χ2v) is 8.99. The van der Waals surface area contributed by atoms with Gasteiger partial charge in [-0.2, -0.15) is 10.2 Å². The number of amidine groups is 2. The summed E-state index contributed by atoms with van der Waals surface area (Å²) in [7, 11) is 1.35. The first-order chi connectivity index (χ1) is 19.5. The molecule has 6 rings (SSSR count). The topological polar surface area (TPSA) is 224 Å². The third-order valence-corrected chi connectivity index (χ3v) is 6.62. The maximum absolute atomic E-state index is 11.7. The highest BCUT2D eigenvalue weighted by atomic mass is 16.6. The van der Waals surface area contributed by atoms with Crippen molar-refractivity contribution in [1.82, 2.24) is 10.9 Å². The van der Waals surface area contributed by atoms with Crippen LogP contribution in [0.1, 0.15) is 13.8 Å². The quantitative estimate of drug-likeness (QED) is 0.347. The van der Waals surface area contributed by atoms with E-state index in [4.69, 9.17) is 14.2 Å². The minimum atomic E-state index is -0.699. The van der Waals surface area contributed by atoms with Crippen molar-refractivity contribution >= 4 is 46.2 Å². The number of hydrogen-bond donors (Lipinski definition) is 3. The van der Waals surface area contributed by atoms with Crippen molar-refractivity contribution in [3.63, 3.8) is 0 Å². The number of nitrogens with one attached hydrogen (secondary N) is 2. The van der Waals surface area contributed by atoms with Crippen LogP contribution in [0.3, 0.4) is 0 Å². The highest BCUT2D eigenvalue weighted by Crippen LogP contribution is 2.43. The molecule has 2 aromatic carbocycles. The van der Waals surface area contributed by atoms with Crippen LogP contribution in [0, 0.1) is 20.2 Å². The molecule has 4 heterocycles. The standard InChI is InChI=1S/C12H12N4O5.C11H10N4O5/c1-6-12(17)14-13-11-5-21-10-4-9(20-2)8(16(18)19)3-7(10)15(6)11;1-5-11(17)13-12-10-4-20-9-3-8(16)6(15(18)19)2-7(9)14(5)10/h3-4,6H,5H2,1-2H3,(H,14,17);2-3,5,16H,4H2,1H3,(H,13,17). The van der Waals surface area contributed by atoms with Gasteiger partial charge in [-0.1, -0.05) is 0 Å². The maximum Gasteiger partial charge on any atom is 0.313 e. The molecule has 2 amide bonds. The molecule has 0 aromatic heterocycles. The molecule has 0 saturated heterocycles. The largest absolute Gasteiger partial charge is 0.502 e. The van der Waals surface area contributed by atoms with Gasteiger partial charge in [0.2, 0.25) is 5.75 Å².